The van der Waals surface area contributed by atoms with Crippen LogP contribution in [0.2, 0.25) is 0 Å². The fourth-order valence-electron chi connectivity index (χ4n) is 2.74. The summed E-state index contributed by atoms with van der Waals surface area (Å²) in [7, 11) is 1.72. The number of amides is 1. The Morgan fingerprint density at radius 2 is 1.89 bits per heavy atom. The third-order valence-corrected chi connectivity index (χ3v) is 4.73. The van der Waals surface area contributed by atoms with Crippen LogP contribution < -0.4 is 4.74 Å². The lowest BCUT2D eigenvalue weighted by Gasteiger charge is -2.28. The minimum atomic E-state index is -0.378. The number of hydrogen-bond donors (Lipinski definition) is 0. The molecule has 3 aromatic rings. The number of carbonyl (C=O) groups excluding carboxylic acids is 1. The van der Waals surface area contributed by atoms with Gasteiger partial charge in [-0.2, -0.15) is 0 Å². The van der Waals surface area contributed by atoms with Gasteiger partial charge in [-0.15, -0.1) is 0 Å². The molecule has 0 radical (unpaired) electrons. The molecule has 0 N–H and O–H groups in total. The quantitative estimate of drug-likeness (QED) is 0.575. The summed E-state index contributed by atoms with van der Waals surface area (Å²) < 4.78 is 19.2. The Labute approximate surface area is 165 Å². The Morgan fingerprint density at radius 3 is 2.56 bits per heavy atom. The van der Waals surface area contributed by atoms with Gasteiger partial charge >= 0.3 is 0 Å². The number of likely N-dealkylation sites (N-methyl/N-ethyl adjacent to an activating group) is 1. The Balaban J connectivity index is 1.79. The van der Waals surface area contributed by atoms with Crippen molar-refractivity contribution >= 4 is 21.8 Å². The summed E-state index contributed by atoms with van der Waals surface area (Å²) in [6, 6.07) is 19.0. The average Bonchev–Trinajstić information content (AvgIpc) is 2.69. The lowest BCUT2D eigenvalue weighted by atomic mass is 10.0. The van der Waals surface area contributed by atoms with Gasteiger partial charge in [0.2, 0.25) is 0 Å². The van der Waals surface area contributed by atoms with Crippen LogP contribution >= 0.6 is 15.9 Å². The predicted octanol–water partition coefficient (Wildman–Crippen LogP) is 4.61. The number of hydrogen-bond acceptors (Lipinski definition) is 3. The van der Waals surface area contributed by atoms with E-state index in [-0.39, 0.29) is 24.4 Å². The number of benzene rings is 2. The number of aromatic nitrogens is 1. The van der Waals surface area contributed by atoms with Gasteiger partial charge in [0, 0.05) is 13.2 Å². The highest BCUT2D eigenvalue weighted by atomic mass is 79.9. The first kappa shape index (κ1) is 19.0. The first-order chi connectivity index (χ1) is 13.1. The Kier molecular flexibility index (Phi) is 6.19. The van der Waals surface area contributed by atoms with Crippen LogP contribution in [0.25, 0.3) is 0 Å². The number of carbonyl (C=O) groups is 1. The summed E-state index contributed by atoms with van der Waals surface area (Å²) in [5.41, 5.74) is 1.72. The minimum Gasteiger partial charge on any atom is -0.483 e. The lowest BCUT2D eigenvalue weighted by molar-refractivity contribution is -0.133. The van der Waals surface area contributed by atoms with Crippen LogP contribution in [-0.4, -0.2) is 29.4 Å². The Bertz CT molecular complexity index is 867. The number of rotatable bonds is 6. The van der Waals surface area contributed by atoms with Crippen molar-refractivity contribution in [3.63, 3.8) is 0 Å². The molecule has 1 aromatic heterocycles. The van der Waals surface area contributed by atoms with Crippen molar-refractivity contribution in [1.29, 1.82) is 0 Å². The zero-order valence-corrected chi connectivity index (χ0v) is 16.3. The van der Waals surface area contributed by atoms with E-state index in [2.05, 4.69) is 20.9 Å². The van der Waals surface area contributed by atoms with Crippen LogP contribution in [0.3, 0.4) is 0 Å². The van der Waals surface area contributed by atoms with Crippen LogP contribution in [-0.2, 0) is 4.79 Å². The first-order valence-electron chi connectivity index (χ1n) is 8.35. The molecule has 0 aliphatic rings. The molecule has 1 heterocycles. The molecule has 2 aromatic carbocycles. The maximum Gasteiger partial charge on any atom is 0.261 e. The molecular formula is C21H18BrFN2O2. The third-order valence-electron chi connectivity index (χ3n) is 4.11. The smallest absolute Gasteiger partial charge is 0.261 e. The van der Waals surface area contributed by atoms with E-state index in [9.17, 15) is 9.18 Å². The molecule has 0 bridgehead atoms. The van der Waals surface area contributed by atoms with E-state index < -0.39 is 0 Å². The highest BCUT2D eigenvalue weighted by molar-refractivity contribution is 9.10. The molecule has 138 valence electrons. The van der Waals surface area contributed by atoms with Crippen LogP contribution in [0.4, 0.5) is 4.39 Å². The highest BCUT2D eigenvalue weighted by Crippen LogP contribution is 2.28. The van der Waals surface area contributed by atoms with Gasteiger partial charge in [-0.3, -0.25) is 9.78 Å². The Morgan fingerprint density at radius 1 is 1.15 bits per heavy atom. The van der Waals surface area contributed by atoms with Crippen molar-refractivity contribution in [3.8, 4) is 5.75 Å². The first-order valence-corrected chi connectivity index (χ1v) is 9.15. The van der Waals surface area contributed by atoms with Gasteiger partial charge in [-0.25, -0.2) is 4.39 Å². The number of halogens is 2. The molecule has 0 spiro atoms. The predicted molar refractivity (Wildman–Crippen MR) is 105 cm³/mol. The van der Waals surface area contributed by atoms with Crippen LogP contribution in [0.15, 0.2) is 77.4 Å². The van der Waals surface area contributed by atoms with Crippen LogP contribution in [0.5, 0.6) is 5.75 Å². The SMILES string of the molecule is CN(C(=O)COc1ccc(F)cc1Br)[C@H](c1ccccc1)c1ccccn1. The average molecular weight is 429 g/mol. The van der Waals surface area contributed by atoms with Gasteiger partial charge in [0.25, 0.3) is 5.91 Å². The molecule has 0 aliphatic heterocycles. The van der Waals surface area contributed by atoms with Gasteiger partial charge in [0.05, 0.1) is 16.2 Å². The van der Waals surface area contributed by atoms with E-state index in [1.54, 1.807) is 18.1 Å². The van der Waals surface area contributed by atoms with Crippen molar-refractivity contribution in [2.45, 2.75) is 6.04 Å². The second kappa shape index (κ2) is 8.77. The van der Waals surface area contributed by atoms with Gasteiger partial charge in [-0.05, 0) is 51.8 Å². The van der Waals surface area contributed by atoms with E-state index in [0.29, 0.717) is 10.2 Å². The van der Waals surface area contributed by atoms with Gasteiger partial charge < -0.3 is 9.64 Å². The molecule has 27 heavy (non-hydrogen) atoms. The van der Waals surface area contributed by atoms with E-state index in [4.69, 9.17) is 4.74 Å². The zero-order valence-electron chi connectivity index (χ0n) is 14.7. The van der Waals surface area contributed by atoms with Crippen molar-refractivity contribution in [1.82, 2.24) is 9.88 Å². The summed E-state index contributed by atoms with van der Waals surface area (Å²) in [6.45, 7) is -0.170. The molecule has 0 aliphatic carbocycles. The minimum absolute atomic E-state index is 0.170. The standard InChI is InChI=1S/C21H18BrFN2O2/c1-25(20(26)14-27-19-11-10-16(23)13-17(19)22)21(15-7-3-2-4-8-15)18-9-5-6-12-24-18/h2-13,21H,14H2,1H3/t21-/m1/s1. The molecule has 3 rings (SSSR count). The summed E-state index contributed by atoms with van der Waals surface area (Å²) in [6.07, 6.45) is 1.70. The van der Waals surface area contributed by atoms with Gasteiger partial charge in [0.1, 0.15) is 11.6 Å². The van der Waals surface area contributed by atoms with Gasteiger partial charge in [0.15, 0.2) is 6.61 Å². The van der Waals surface area contributed by atoms with Gasteiger partial charge in [-0.1, -0.05) is 36.4 Å². The summed E-state index contributed by atoms with van der Waals surface area (Å²) in [5, 5.41) is 0. The van der Waals surface area contributed by atoms with E-state index in [0.717, 1.165) is 11.3 Å². The highest BCUT2D eigenvalue weighted by Gasteiger charge is 2.24. The largest absolute Gasteiger partial charge is 0.483 e. The normalized spacial score (nSPS) is 11.7. The van der Waals surface area contributed by atoms with Crippen molar-refractivity contribution in [2.75, 3.05) is 13.7 Å². The van der Waals surface area contributed by atoms with E-state index in [1.165, 1.54) is 18.2 Å². The molecule has 0 fully saturated rings. The molecule has 1 atom stereocenters. The molecule has 4 nitrogen and oxygen atoms in total. The molecule has 1 amide bonds. The second-order valence-corrected chi connectivity index (χ2v) is 6.79. The molecule has 0 unspecified atom stereocenters. The summed E-state index contributed by atoms with van der Waals surface area (Å²) >= 11 is 3.24. The number of pyridine rings is 1. The topological polar surface area (TPSA) is 42.4 Å². The lowest BCUT2D eigenvalue weighted by Crippen LogP contribution is -2.35. The monoisotopic (exact) mass is 428 g/mol. The number of nitrogens with zero attached hydrogens (tertiary/aromatic N) is 2. The van der Waals surface area contributed by atoms with Crippen LogP contribution in [0.1, 0.15) is 17.3 Å². The maximum atomic E-state index is 13.2. The van der Waals surface area contributed by atoms with Crippen molar-refractivity contribution in [3.05, 3.63) is 94.5 Å². The van der Waals surface area contributed by atoms with Crippen molar-refractivity contribution < 1.29 is 13.9 Å². The summed E-state index contributed by atoms with van der Waals surface area (Å²) in [4.78, 5) is 18.8. The molecule has 0 saturated carbocycles. The van der Waals surface area contributed by atoms with Crippen molar-refractivity contribution in [2.24, 2.45) is 0 Å². The third kappa shape index (κ3) is 4.71. The number of ether oxygens (including phenoxy) is 1. The molecular weight excluding hydrogens is 411 g/mol. The van der Waals surface area contributed by atoms with E-state index in [1.807, 2.05) is 48.5 Å². The summed E-state index contributed by atoms with van der Waals surface area (Å²) in [5.74, 6) is -0.185. The molecule has 0 saturated heterocycles. The zero-order chi connectivity index (χ0) is 19.2. The Hall–Kier alpha value is -2.73. The van der Waals surface area contributed by atoms with Crippen LogP contribution in [0, 0.1) is 5.82 Å². The fraction of sp³-hybridized carbons (Fsp3) is 0.143. The maximum absolute atomic E-state index is 13.2. The fourth-order valence-corrected chi connectivity index (χ4v) is 3.21. The molecule has 6 heteroatoms. The second-order valence-electron chi connectivity index (χ2n) is 5.94. The van der Waals surface area contributed by atoms with E-state index >= 15 is 0 Å².